The Labute approximate surface area is 146 Å². The Balaban J connectivity index is 1.85. The quantitative estimate of drug-likeness (QED) is 0.850. The number of allylic oxidation sites excluding steroid dienone is 1. The number of Topliss-reactive ketones (excluding diaryl/α,β-unsaturated/α-hetero) is 1. The van der Waals surface area contributed by atoms with Gasteiger partial charge in [-0.05, 0) is 43.7 Å². The number of carbonyl (C=O) groups excluding carboxylic acids is 1. The molecule has 2 heterocycles. The maximum Gasteiger partial charge on any atom is 0.174 e. The summed E-state index contributed by atoms with van der Waals surface area (Å²) in [4.78, 5) is 13.3. The zero-order chi connectivity index (χ0) is 17.2. The predicted octanol–water partition coefficient (Wildman–Crippen LogP) is 3.77. The van der Waals surface area contributed by atoms with Crippen LogP contribution in [0.3, 0.4) is 0 Å². The molecule has 1 N–H and O–H groups in total. The predicted molar refractivity (Wildman–Crippen MR) is 97.3 cm³/mol. The van der Waals surface area contributed by atoms with Gasteiger partial charge in [-0.15, -0.1) is 0 Å². The molecule has 3 aliphatic rings. The van der Waals surface area contributed by atoms with Gasteiger partial charge in [0.25, 0.3) is 0 Å². The first kappa shape index (κ1) is 16.0. The lowest BCUT2D eigenvalue weighted by Crippen LogP contribution is -2.40. The second kappa shape index (κ2) is 5.24. The fourth-order valence-electron chi connectivity index (χ4n) is 4.82. The van der Waals surface area contributed by atoms with Gasteiger partial charge in [0, 0.05) is 5.75 Å². The minimum atomic E-state index is -0.561. The van der Waals surface area contributed by atoms with Crippen LogP contribution in [0.2, 0.25) is 0 Å². The van der Waals surface area contributed by atoms with Gasteiger partial charge in [0.15, 0.2) is 5.78 Å². The number of thioether (sulfide) groups is 1. The monoisotopic (exact) mass is 342 g/mol. The largest absolute Gasteiger partial charge is 0.511 e. The summed E-state index contributed by atoms with van der Waals surface area (Å²) in [6, 6.07) is 4.15. The van der Waals surface area contributed by atoms with Gasteiger partial charge in [0.05, 0.1) is 23.5 Å². The van der Waals surface area contributed by atoms with Crippen LogP contribution in [0, 0.1) is 32.6 Å². The normalized spacial score (nSPS) is 33.7. The smallest absolute Gasteiger partial charge is 0.174 e. The molecule has 0 saturated carbocycles. The number of ketones is 1. The standard InChI is InChI=1S/C20H22O3S/c1-10-7-11(2)14(12(3)8-10)16-18(21)15-13-5-6-20(23-13,9-24-4)17(15)19(16)22/h5-8,13,15,17,21H,9H2,1-4H3/t13-,15-,17+,20-/m0/s1. The lowest BCUT2D eigenvalue weighted by molar-refractivity contribution is -0.120. The topological polar surface area (TPSA) is 46.5 Å². The molecule has 1 fully saturated rings. The highest BCUT2D eigenvalue weighted by Crippen LogP contribution is 2.57. The van der Waals surface area contributed by atoms with Crippen molar-refractivity contribution in [2.75, 3.05) is 12.0 Å². The van der Waals surface area contributed by atoms with Crippen LogP contribution in [0.1, 0.15) is 22.3 Å². The van der Waals surface area contributed by atoms with Crippen LogP contribution in [-0.4, -0.2) is 34.6 Å². The molecule has 4 rings (SSSR count). The summed E-state index contributed by atoms with van der Waals surface area (Å²) in [5, 5.41) is 10.9. The molecule has 0 unspecified atom stereocenters. The zero-order valence-electron chi connectivity index (χ0n) is 14.4. The number of hydrogen-bond acceptors (Lipinski definition) is 4. The van der Waals surface area contributed by atoms with Crippen molar-refractivity contribution in [1.29, 1.82) is 0 Å². The van der Waals surface area contributed by atoms with Gasteiger partial charge in [-0.2, -0.15) is 11.8 Å². The molecule has 1 aliphatic carbocycles. The summed E-state index contributed by atoms with van der Waals surface area (Å²) < 4.78 is 6.13. The molecule has 0 spiro atoms. The zero-order valence-corrected chi connectivity index (χ0v) is 15.2. The second-order valence-corrected chi connectivity index (χ2v) is 8.10. The fourth-order valence-corrected chi connectivity index (χ4v) is 5.62. The van der Waals surface area contributed by atoms with Crippen LogP contribution < -0.4 is 0 Å². The van der Waals surface area contributed by atoms with E-state index in [1.54, 1.807) is 11.8 Å². The van der Waals surface area contributed by atoms with E-state index in [1.165, 1.54) is 5.56 Å². The van der Waals surface area contributed by atoms with E-state index in [0.29, 0.717) is 5.57 Å². The lowest BCUT2D eigenvalue weighted by atomic mass is 9.76. The molecule has 126 valence electrons. The van der Waals surface area contributed by atoms with Crippen molar-refractivity contribution in [3.05, 3.63) is 52.3 Å². The molecule has 0 aromatic heterocycles. The van der Waals surface area contributed by atoms with Gasteiger partial charge in [-0.1, -0.05) is 29.8 Å². The summed E-state index contributed by atoms with van der Waals surface area (Å²) in [5.74, 6) is 0.463. The summed E-state index contributed by atoms with van der Waals surface area (Å²) >= 11 is 1.68. The number of aliphatic hydroxyl groups is 1. The molecule has 2 aliphatic heterocycles. The van der Waals surface area contributed by atoms with Crippen molar-refractivity contribution in [1.82, 2.24) is 0 Å². The van der Waals surface area contributed by atoms with E-state index in [9.17, 15) is 9.90 Å². The van der Waals surface area contributed by atoms with Crippen molar-refractivity contribution in [2.45, 2.75) is 32.5 Å². The van der Waals surface area contributed by atoms with Crippen LogP contribution in [0.4, 0.5) is 0 Å². The van der Waals surface area contributed by atoms with Gasteiger partial charge >= 0.3 is 0 Å². The van der Waals surface area contributed by atoms with E-state index in [-0.39, 0.29) is 29.5 Å². The Kier molecular flexibility index (Phi) is 3.49. The minimum Gasteiger partial charge on any atom is -0.511 e. The number of benzene rings is 1. The summed E-state index contributed by atoms with van der Waals surface area (Å²) in [6.45, 7) is 6.07. The van der Waals surface area contributed by atoms with E-state index >= 15 is 0 Å². The summed E-state index contributed by atoms with van der Waals surface area (Å²) in [5.41, 5.74) is 4.11. The lowest BCUT2D eigenvalue weighted by Gasteiger charge is -2.28. The van der Waals surface area contributed by atoms with Gasteiger partial charge in [-0.3, -0.25) is 4.79 Å². The number of carbonyl (C=O) groups is 1. The average molecular weight is 342 g/mol. The second-order valence-electron chi connectivity index (χ2n) is 7.23. The Morgan fingerprint density at radius 1 is 1.25 bits per heavy atom. The van der Waals surface area contributed by atoms with Crippen LogP contribution in [0.25, 0.3) is 5.57 Å². The Hall–Kier alpha value is -1.52. The molecular weight excluding hydrogens is 320 g/mol. The molecule has 24 heavy (non-hydrogen) atoms. The molecule has 4 heteroatoms. The van der Waals surface area contributed by atoms with Crippen molar-refractivity contribution in [3.63, 3.8) is 0 Å². The first-order chi connectivity index (χ1) is 11.4. The highest BCUT2D eigenvalue weighted by Gasteiger charge is 2.64. The van der Waals surface area contributed by atoms with Gasteiger partial charge in [-0.25, -0.2) is 0 Å². The Morgan fingerprint density at radius 3 is 2.54 bits per heavy atom. The number of fused-ring (bicyclic) bond motifs is 5. The van der Waals surface area contributed by atoms with Crippen LogP contribution in [0.5, 0.6) is 0 Å². The Morgan fingerprint density at radius 2 is 1.92 bits per heavy atom. The highest BCUT2D eigenvalue weighted by molar-refractivity contribution is 7.98. The third-order valence-electron chi connectivity index (χ3n) is 5.56. The number of hydrogen-bond donors (Lipinski definition) is 1. The molecule has 2 bridgehead atoms. The molecule has 1 aromatic rings. The van der Waals surface area contributed by atoms with E-state index in [1.807, 2.05) is 32.3 Å². The van der Waals surface area contributed by atoms with Gasteiger partial charge < -0.3 is 9.84 Å². The van der Waals surface area contributed by atoms with E-state index < -0.39 is 5.60 Å². The summed E-state index contributed by atoms with van der Waals surface area (Å²) in [7, 11) is 0. The van der Waals surface area contributed by atoms with Crippen LogP contribution in [-0.2, 0) is 9.53 Å². The van der Waals surface area contributed by atoms with Gasteiger partial charge in [0.1, 0.15) is 11.4 Å². The third kappa shape index (κ3) is 1.93. The maximum absolute atomic E-state index is 13.3. The van der Waals surface area contributed by atoms with Gasteiger partial charge in [0.2, 0.25) is 0 Å². The molecule has 1 saturated heterocycles. The van der Waals surface area contributed by atoms with Crippen molar-refractivity contribution >= 4 is 23.1 Å². The number of aliphatic hydroxyl groups excluding tert-OH is 1. The Bertz CT molecular complexity index is 784. The van der Waals surface area contributed by atoms with Crippen molar-refractivity contribution in [2.24, 2.45) is 11.8 Å². The van der Waals surface area contributed by atoms with Crippen molar-refractivity contribution < 1.29 is 14.6 Å². The maximum atomic E-state index is 13.3. The fraction of sp³-hybridized carbons (Fsp3) is 0.450. The average Bonchev–Trinajstić information content (AvgIpc) is 3.12. The summed E-state index contributed by atoms with van der Waals surface area (Å²) in [6.07, 6.45) is 5.89. The molecule has 0 radical (unpaired) electrons. The van der Waals surface area contributed by atoms with E-state index in [2.05, 4.69) is 19.1 Å². The SMILES string of the molecule is CSC[C@]12C=C[C@H](O1)[C@@H]1C(O)=C(c3c(C)cc(C)cc3C)C(=O)[C@@H]12. The number of aryl methyl sites for hydroxylation is 3. The number of rotatable bonds is 3. The first-order valence-electron chi connectivity index (χ1n) is 8.31. The minimum absolute atomic E-state index is 0.0356. The molecular formula is C20H22O3S. The number of ether oxygens (including phenoxy) is 1. The first-order valence-corrected chi connectivity index (χ1v) is 9.70. The molecule has 0 amide bonds. The van der Waals surface area contributed by atoms with E-state index in [4.69, 9.17) is 4.74 Å². The van der Waals surface area contributed by atoms with E-state index in [0.717, 1.165) is 22.4 Å². The molecule has 3 nitrogen and oxygen atoms in total. The molecule has 1 aromatic carbocycles. The van der Waals surface area contributed by atoms with Crippen LogP contribution in [0.15, 0.2) is 30.0 Å². The van der Waals surface area contributed by atoms with Crippen LogP contribution >= 0.6 is 11.8 Å². The van der Waals surface area contributed by atoms with Crippen molar-refractivity contribution in [3.8, 4) is 0 Å². The molecule has 4 atom stereocenters. The highest BCUT2D eigenvalue weighted by atomic mass is 32.2. The third-order valence-corrected chi connectivity index (χ3v) is 6.30.